The second kappa shape index (κ2) is 5.54. The van der Waals surface area contributed by atoms with E-state index in [2.05, 4.69) is 73.4 Å². The summed E-state index contributed by atoms with van der Waals surface area (Å²) in [5.74, 6) is 0.601. The van der Waals surface area contributed by atoms with Crippen molar-refractivity contribution in [3.05, 3.63) is 72.4 Å². The number of rotatable bonds is 3. The molecule has 102 valence electrons. The average molecular weight is 263 g/mol. The Bertz CT molecular complexity index is 583. The third kappa shape index (κ3) is 2.77. The van der Waals surface area contributed by atoms with E-state index in [1.54, 1.807) is 0 Å². The highest BCUT2D eigenvalue weighted by molar-refractivity contribution is 5.63. The standard InChI is InChI=1S/C19H21N/c1-14-12-19(20-15(14)2)13-16-8-10-18(11-9-16)17-6-4-3-5-7-17/h3-11,14,19-20H,2,12-13H2,1H3/t14?,19-/m0/s1. The van der Waals surface area contributed by atoms with Gasteiger partial charge in [0.1, 0.15) is 0 Å². The first-order valence-corrected chi connectivity index (χ1v) is 7.32. The Kier molecular flexibility index (Phi) is 3.60. The molecule has 0 saturated carbocycles. The van der Waals surface area contributed by atoms with Gasteiger partial charge in [0.25, 0.3) is 0 Å². The largest absolute Gasteiger partial charge is 0.386 e. The number of nitrogens with one attached hydrogen (secondary N) is 1. The van der Waals surface area contributed by atoms with Crippen LogP contribution in [0.3, 0.4) is 0 Å². The van der Waals surface area contributed by atoms with Gasteiger partial charge in [0.15, 0.2) is 0 Å². The van der Waals surface area contributed by atoms with Gasteiger partial charge in [0.05, 0.1) is 0 Å². The van der Waals surface area contributed by atoms with Gasteiger partial charge in [0.2, 0.25) is 0 Å². The van der Waals surface area contributed by atoms with Crippen LogP contribution >= 0.6 is 0 Å². The van der Waals surface area contributed by atoms with Crippen LogP contribution in [0.5, 0.6) is 0 Å². The molecule has 2 aromatic rings. The van der Waals surface area contributed by atoms with Crippen molar-refractivity contribution in [1.82, 2.24) is 5.32 Å². The van der Waals surface area contributed by atoms with Crippen LogP contribution in [0.1, 0.15) is 18.9 Å². The van der Waals surface area contributed by atoms with Crippen molar-refractivity contribution >= 4 is 0 Å². The number of benzene rings is 2. The van der Waals surface area contributed by atoms with Crippen LogP contribution in [0.15, 0.2) is 66.9 Å². The first-order valence-electron chi connectivity index (χ1n) is 7.32. The van der Waals surface area contributed by atoms with Crippen LogP contribution in [-0.4, -0.2) is 6.04 Å². The van der Waals surface area contributed by atoms with E-state index < -0.39 is 0 Å². The Morgan fingerprint density at radius 2 is 1.65 bits per heavy atom. The molecule has 1 aliphatic heterocycles. The molecule has 0 aromatic heterocycles. The van der Waals surface area contributed by atoms with E-state index in [0.717, 1.165) is 6.42 Å². The molecule has 0 aliphatic carbocycles. The van der Waals surface area contributed by atoms with Gasteiger partial charge < -0.3 is 5.32 Å². The van der Waals surface area contributed by atoms with Gasteiger partial charge in [-0.25, -0.2) is 0 Å². The number of hydrogen-bond donors (Lipinski definition) is 1. The maximum atomic E-state index is 4.07. The normalized spacial score (nSPS) is 21.8. The van der Waals surface area contributed by atoms with Crippen LogP contribution in [0.25, 0.3) is 11.1 Å². The fourth-order valence-corrected chi connectivity index (χ4v) is 2.92. The lowest BCUT2D eigenvalue weighted by Gasteiger charge is -2.11. The molecule has 1 saturated heterocycles. The van der Waals surface area contributed by atoms with E-state index >= 15 is 0 Å². The van der Waals surface area contributed by atoms with Crippen molar-refractivity contribution in [2.75, 3.05) is 0 Å². The fourth-order valence-electron chi connectivity index (χ4n) is 2.92. The maximum absolute atomic E-state index is 4.07. The van der Waals surface area contributed by atoms with Gasteiger partial charge in [-0.05, 0) is 35.4 Å². The summed E-state index contributed by atoms with van der Waals surface area (Å²) in [6.07, 6.45) is 2.28. The molecule has 20 heavy (non-hydrogen) atoms. The van der Waals surface area contributed by atoms with Crippen LogP contribution in [-0.2, 0) is 6.42 Å². The molecular formula is C19H21N. The minimum absolute atomic E-state index is 0.542. The van der Waals surface area contributed by atoms with Crippen molar-refractivity contribution in [1.29, 1.82) is 0 Å². The molecule has 0 spiro atoms. The topological polar surface area (TPSA) is 12.0 Å². The van der Waals surface area contributed by atoms with E-state index in [9.17, 15) is 0 Å². The van der Waals surface area contributed by atoms with Gasteiger partial charge in [-0.3, -0.25) is 0 Å². The summed E-state index contributed by atoms with van der Waals surface area (Å²) < 4.78 is 0. The molecule has 1 nitrogen and oxygen atoms in total. The third-order valence-electron chi connectivity index (χ3n) is 4.17. The lowest BCUT2D eigenvalue weighted by atomic mass is 9.98. The van der Waals surface area contributed by atoms with Gasteiger partial charge in [0, 0.05) is 11.7 Å². The Morgan fingerprint density at radius 3 is 2.25 bits per heavy atom. The lowest BCUT2D eigenvalue weighted by Crippen LogP contribution is -2.22. The van der Waals surface area contributed by atoms with E-state index in [1.165, 1.54) is 28.8 Å². The monoisotopic (exact) mass is 263 g/mol. The van der Waals surface area contributed by atoms with Crippen molar-refractivity contribution in [2.24, 2.45) is 5.92 Å². The molecule has 2 atom stereocenters. The highest BCUT2D eigenvalue weighted by Crippen LogP contribution is 2.25. The predicted octanol–water partition coefficient (Wildman–Crippen LogP) is 4.41. The summed E-state index contributed by atoms with van der Waals surface area (Å²) >= 11 is 0. The fraction of sp³-hybridized carbons (Fsp3) is 0.263. The quantitative estimate of drug-likeness (QED) is 0.865. The maximum Gasteiger partial charge on any atom is 0.0304 e. The molecule has 1 unspecified atom stereocenters. The summed E-state index contributed by atoms with van der Waals surface area (Å²) in [5.41, 5.74) is 5.14. The first kappa shape index (κ1) is 13.0. The molecule has 1 N–H and O–H groups in total. The van der Waals surface area contributed by atoms with Crippen molar-refractivity contribution < 1.29 is 0 Å². The molecule has 0 radical (unpaired) electrons. The minimum atomic E-state index is 0.542. The molecule has 1 heteroatoms. The second-order valence-electron chi connectivity index (χ2n) is 5.77. The van der Waals surface area contributed by atoms with Gasteiger partial charge >= 0.3 is 0 Å². The third-order valence-corrected chi connectivity index (χ3v) is 4.17. The smallest absolute Gasteiger partial charge is 0.0304 e. The van der Waals surface area contributed by atoms with Crippen molar-refractivity contribution in [2.45, 2.75) is 25.8 Å². The molecule has 0 amide bonds. The number of hydrogen-bond acceptors (Lipinski definition) is 1. The van der Waals surface area contributed by atoms with E-state index in [4.69, 9.17) is 0 Å². The highest BCUT2D eigenvalue weighted by Gasteiger charge is 2.23. The average Bonchev–Trinajstić information content (AvgIpc) is 2.79. The van der Waals surface area contributed by atoms with Crippen LogP contribution in [0.4, 0.5) is 0 Å². The van der Waals surface area contributed by atoms with E-state index in [1.807, 2.05) is 0 Å². The Morgan fingerprint density at radius 1 is 1.00 bits per heavy atom. The molecule has 3 rings (SSSR count). The zero-order valence-corrected chi connectivity index (χ0v) is 12.0. The summed E-state index contributed by atoms with van der Waals surface area (Å²) in [6, 6.07) is 20.0. The zero-order chi connectivity index (χ0) is 13.9. The van der Waals surface area contributed by atoms with Crippen molar-refractivity contribution in [3.63, 3.8) is 0 Å². The van der Waals surface area contributed by atoms with Crippen LogP contribution in [0.2, 0.25) is 0 Å². The summed E-state index contributed by atoms with van der Waals surface area (Å²) in [4.78, 5) is 0. The van der Waals surface area contributed by atoms with Gasteiger partial charge in [-0.1, -0.05) is 68.1 Å². The van der Waals surface area contributed by atoms with Crippen molar-refractivity contribution in [3.8, 4) is 11.1 Å². The number of allylic oxidation sites excluding steroid dienone is 1. The van der Waals surface area contributed by atoms with E-state index in [0.29, 0.717) is 12.0 Å². The minimum Gasteiger partial charge on any atom is -0.386 e. The molecule has 1 fully saturated rings. The van der Waals surface area contributed by atoms with Crippen LogP contribution in [0, 0.1) is 5.92 Å². The summed E-state index contributed by atoms with van der Waals surface area (Å²) in [5, 5.41) is 3.50. The SMILES string of the molecule is C=C1N[C@H](Cc2ccc(-c3ccccc3)cc2)CC1C. The Labute approximate surface area is 121 Å². The Balaban J connectivity index is 1.69. The second-order valence-corrected chi connectivity index (χ2v) is 5.77. The highest BCUT2D eigenvalue weighted by atomic mass is 15.0. The summed E-state index contributed by atoms with van der Waals surface area (Å²) in [6.45, 7) is 6.31. The predicted molar refractivity (Wildman–Crippen MR) is 85.4 cm³/mol. The van der Waals surface area contributed by atoms with Gasteiger partial charge in [-0.15, -0.1) is 0 Å². The van der Waals surface area contributed by atoms with Crippen LogP contribution < -0.4 is 5.32 Å². The molecule has 2 aromatic carbocycles. The summed E-state index contributed by atoms with van der Waals surface area (Å²) in [7, 11) is 0. The molecular weight excluding hydrogens is 242 g/mol. The van der Waals surface area contributed by atoms with E-state index in [-0.39, 0.29) is 0 Å². The Hall–Kier alpha value is -2.02. The lowest BCUT2D eigenvalue weighted by molar-refractivity contribution is 0.581. The van der Waals surface area contributed by atoms with Gasteiger partial charge in [-0.2, -0.15) is 0 Å². The molecule has 1 heterocycles. The molecule has 0 bridgehead atoms. The zero-order valence-electron chi connectivity index (χ0n) is 12.0. The first-order chi connectivity index (χ1) is 9.72. The molecule has 1 aliphatic rings.